The van der Waals surface area contributed by atoms with Gasteiger partial charge in [0.15, 0.2) is 5.92 Å². The number of nitro groups is 2. The number of fused-ring (bicyclic) bond motifs is 5. The molecule has 1 aromatic carbocycles. The van der Waals surface area contributed by atoms with Crippen LogP contribution in [0, 0.1) is 32.1 Å². The molecule has 0 aliphatic carbocycles. The van der Waals surface area contributed by atoms with E-state index in [-0.39, 0.29) is 11.4 Å². The zero-order chi connectivity index (χ0) is 18.9. The molecule has 26 heavy (non-hydrogen) atoms. The van der Waals surface area contributed by atoms with Gasteiger partial charge in [-0.15, -0.1) is 0 Å². The van der Waals surface area contributed by atoms with Crippen LogP contribution in [0.25, 0.3) is 0 Å². The molecule has 1 N–H and O–H groups in total. The van der Waals surface area contributed by atoms with Crippen LogP contribution in [0.2, 0.25) is 0 Å². The van der Waals surface area contributed by atoms with Crippen molar-refractivity contribution in [3.8, 4) is 0 Å². The molecule has 2 saturated heterocycles. The number of anilines is 1. The number of carbonyl (C=O) groups excluding carboxylic acids is 2. The Morgan fingerprint density at radius 1 is 1.08 bits per heavy atom. The van der Waals surface area contributed by atoms with E-state index in [0.29, 0.717) is 0 Å². The fraction of sp³-hybridized carbons (Fsp3) is 0.333. The summed E-state index contributed by atoms with van der Waals surface area (Å²) in [5.41, 5.74) is -4.02. The summed E-state index contributed by atoms with van der Waals surface area (Å²) in [5, 5.41) is 32.0. The number of hydrogen-bond acceptors (Lipinski definition) is 8. The summed E-state index contributed by atoms with van der Waals surface area (Å²) in [5.74, 6) is -4.26. The van der Waals surface area contributed by atoms with E-state index in [2.05, 4.69) is 0 Å². The van der Waals surface area contributed by atoms with Crippen LogP contribution in [0.5, 0.6) is 0 Å². The third kappa shape index (κ3) is 1.73. The average Bonchev–Trinajstić information content (AvgIpc) is 3.23. The minimum Gasteiger partial charge on any atom is -0.393 e. The lowest BCUT2D eigenvalue weighted by Crippen LogP contribution is -2.46. The molecular weight excluding hydrogens is 350 g/mol. The van der Waals surface area contributed by atoms with Crippen molar-refractivity contribution in [1.82, 2.24) is 0 Å². The van der Waals surface area contributed by atoms with Gasteiger partial charge < -0.3 is 5.11 Å². The van der Waals surface area contributed by atoms with Gasteiger partial charge in [0.2, 0.25) is 11.8 Å². The minimum atomic E-state index is -2.21. The van der Waals surface area contributed by atoms with Crippen molar-refractivity contribution < 1.29 is 29.3 Å². The molecule has 2 bridgehead atoms. The molecule has 4 atom stereocenters. The second-order valence-electron chi connectivity index (χ2n) is 6.30. The summed E-state index contributed by atoms with van der Waals surface area (Å²) in [6.07, 6.45) is 2.34. The van der Waals surface area contributed by atoms with Gasteiger partial charge in [-0.25, -0.2) is 4.90 Å². The molecule has 3 aliphatic heterocycles. The normalized spacial score (nSPS) is 34.4. The number of amides is 2. The van der Waals surface area contributed by atoms with E-state index >= 15 is 0 Å². The van der Waals surface area contributed by atoms with Crippen LogP contribution in [0.3, 0.4) is 0 Å². The van der Waals surface area contributed by atoms with Gasteiger partial charge in [0.25, 0.3) is 5.69 Å². The highest BCUT2D eigenvalue weighted by Crippen LogP contribution is 2.57. The van der Waals surface area contributed by atoms with Crippen molar-refractivity contribution in [1.29, 1.82) is 0 Å². The highest BCUT2D eigenvalue weighted by atomic mass is 16.7. The number of ether oxygens (including phenoxy) is 1. The van der Waals surface area contributed by atoms with Crippen molar-refractivity contribution in [3.63, 3.8) is 0 Å². The number of hydrogen-bond donors (Lipinski definition) is 1. The number of imide groups is 1. The first-order chi connectivity index (χ1) is 12.3. The van der Waals surface area contributed by atoms with Gasteiger partial charge in [-0.1, -0.05) is 0 Å². The summed E-state index contributed by atoms with van der Waals surface area (Å²) in [6.45, 7) is -0.701. The minimum absolute atomic E-state index is 0.0611. The first kappa shape index (κ1) is 16.3. The van der Waals surface area contributed by atoms with Crippen molar-refractivity contribution in [2.75, 3.05) is 11.5 Å². The monoisotopic (exact) mass is 361 g/mol. The van der Waals surface area contributed by atoms with Crippen LogP contribution < -0.4 is 4.90 Å². The summed E-state index contributed by atoms with van der Waals surface area (Å²) in [7, 11) is 0. The Bertz CT molecular complexity index is 897. The Morgan fingerprint density at radius 2 is 1.69 bits per heavy atom. The molecule has 4 rings (SSSR count). The van der Waals surface area contributed by atoms with Gasteiger partial charge in [-0.2, -0.15) is 0 Å². The molecular formula is C15H11N3O8. The molecule has 134 valence electrons. The van der Waals surface area contributed by atoms with Gasteiger partial charge in [0.1, 0.15) is 5.60 Å². The van der Waals surface area contributed by atoms with E-state index in [9.17, 15) is 34.9 Å². The van der Waals surface area contributed by atoms with Gasteiger partial charge in [-0.3, -0.25) is 34.6 Å². The molecule has 0 saturated carbocycles. The van der Waals surface area contributed by atoms with Gasteiger partial charge in [0, 0.05) is 18.2 Å². The number of benzene rings is 1. The number of rotatable bonds is 4. The fourth-order valence-corrected chi connectivity index (χ4v) is 3.92. The van der Waals surface area contributed by atoms with E-state index in [0.717, 1.165) is 23.1 Å². The zero-order valence-corrected chi connectivity index (χ0v) is 13.0. The SMILES string of the molecule is O=C1[C@@H]2[C@H](C(=O)N1c1ccc([N+](=O)[O-])cc1)[C@@]1(CO)C=C[C@@]2([N+](=O)[O-])O1. The largest absolute Gasteiger partial charge is 0.393 e. The van der Waals surface area contributed by atoms with Gasteiger partial charge in [0.05, 0.1) is 28.1 Å². The molecule has 11 heteroatoms. The van der Waals surface area contributed by atoms with E-state index in [1.165, 1.54) is 18.2 Å². The van der Waals surface area contributed by atoms with E-state index < -0.39 is 51.4 Å². The maximum atomic E-state index is 12.9. The van der Waals surface area contributed by atoms with Crippen molar-refractivity contribution in [2.24, 2.45) is 11.8 Å². The second-order valence-corrected chi connectivity index (χ2v) is 6.30. The molecule has 0 unspecified atom stereocenters. The molecule has 11 nitrogen and oxygen atoms in total. The van der Waals surface area contributed by atoms with Crippen LogP contribution in [0.15, 0.2) is 36.4 Å². The Morgan fingerprint density at radius 3 is 2.23 bits per heavy atom. The molecule has 3 heterocycles. The summed E-state index contributed by atoms with van der Waals surface area (Å²) >= 11 is 0. The lowest BCUT2D eigenvalue weighted by molar-refractivity contribution is -0.613. The number of aliphatic hydroxyl groups excluding tert-OH is 1. The van der Waals surface area contributed by atoms with Crippen molar-refractivity contribution in [3.05, 3.63) is 56.6 Å². The molecule has 2 fully saturated rings. The van der Waals surface area contributed by atoms with Crippen LogP contribution in [-0.2, 0) is 14.3 Å². The van der Waals surface area contributed by atoms with Gasteiger partial charge >= 0.3 is 5.72 Å². The van der Waals surface area contributed by atoms with E-state index in [1.807, 2.05) is 0 Å². The molecule has 0 aromatic heterocycles. The second kappa shape index (κ2) is 4.93. The fourth-order valence-electron chi connectivity index (χ4n) is 3.92. The number of carbonyl (C=O) groups is 2. The van der Waals surface area contributed by atoms with E-state index in [1.54, 1.807) is 0 Å². The van der Waals surface area contributed by atoms with Crippen LogP contribution in [0.4, 0.5) is 11.4 Å². The summed E-state index contributed by atoms with van der Waals surface area (Å²) < 4.78 is 5.38. The summed E-state index contributed by atoms with van der Waals surface area (Å²) in [4.78, 5) is 47.4. The maximum Gasteiger partial charge on any atom is 0.358 e. The summed E-state index contributed by atoms with van der Waals surface area (Å²) in [6, 6.07) is 4.68. The topological polar surface area (TPSA) is 153 Å². The Labute approximate surface area is 144 Å². The van der Waals surface area contributed by atoms with Gasteiger partial charge in [-0.05, 0) is 18.2 Å². The molecule has 3 aliphatic rings. The number of nitro benzene ring substituents is 1. The molecule has 0 radical (unpaired) electrons. The lowest BCUT2D eigenvalue weighted by atomic mass is 9.75. The predicted octanol–water partition coefficient (Wildman–Crippen LogP) is 0.00450. The third-order valence-corrected chi connectivity index (χ3v) is 5.09. The Hall–Kier alpha value is -3.18. The number of non-ortho nitro benzene ring substituents is 1. The molecule has 2 amide bonds. The lowest BCUT2D eigenvalue weighted by Gasteiger charge is -2.25. The highest BCUT2D eigenvalue weighted by Gasteiger charge is 2.79. The Balaban J connectivity index is 1.79. The van der Waals surface area contributed by atoms with Crippen molar-refractivity contribution >= 4 is 23.2 Å². The third-order valence-electron chi connectivity index (χ3n) is 5.09. The smallest absolute Gasteiger partial charge is 0.358 e. The first-order valence-corrected chi connectivity index (χ1v) is 7.55. The van der Waals surface area contributed by atoms with E-state index in [4.69, 9.17) is 4.74 Å². The Kier molecular flexibility index (Phi) is 3.09. The molecule has 1 aromatic rings. The maximum absolute atomic E-state index is 12.9. The van der Waals surface area contributed by atoms with Crippen LogP contribution >= 0.6 is 0 Å². The molecule has 0 spiro atoms. The zero-order valence-electron chi connectivity index (χ0n) is 13.0. The number of aliphatic hydroxyl groups is 1. The van der Waals surface area contributed by atoms with Crippen molar-refractivity contribution in [2.45, 2.75) is 11.3 Å². The van der Waals surface area contributed by atoms with Crippen LogP contribution in [0.1, 0.15) is 0 Å². The van der Waals surface area contributed by atoms with Crippen LogP contribution in [-0.4, -0.2) is 44.7 Å². The average molecular weight is 361 g/mol. The number of nitrogens with zero attached hydrogens (tertiary/aromatic N) is 3. The highest BCUT2D eigenvalue weighted by molar-refractivity contribution is 6.23. The predicted molar refractivity (Wildman–Crippen MR) is 82.3 cm³/mol. The standard InChI is InChI=1S/C15H11N3O8/c19-7-14-5-6-15(26-14,18(24)25)11-10(14)12(20)16(13(11)21)8-1-3-9(4-2-8)17(22)23/h1-6,10-11,19H,7H2/t10-,11+,14+,15-/m1/s1. The first-order valence-electron chi connectivity index (χ1n) is 7.55. The quantitative estimate of drug-likeness (QED) is 0.340.